The summed E-state index contributed by atoms with van der Waals surface area (Å²) in [6, 6.07) is 67.6. The summed E-state index contributed by atoms with van der Waals surface area (Å²) < 4.78 is 9.40. The average Bonchev–Trinajstić information content (AvgIpc) is 3.92. The number of rotatable bonds is 9. The van der Waals surface area contributed by atoms with E-state index in [1.165, 1.54) is 16.7 Å². The van der Waals surface area contributed by atoms with E-state index >= 15 is 0 Å². The van der Waals surface area contributed by atoms with Crippen LogP contribution < -0.4 is 14.5 Å². The van der Waals surface area contributed by atoms with Gasteiger partial charge in [0.05, 0.1) is 0 Å². The van der Waals surface area contributed by atoms with Crippen molar-refractivity contribution in [2.45, 2.75) is 71.6 Å². The van der Waals surface area contributed by atoms with Crippen molar-refractivity contribution >= 4 is 38.9 Å². The van der Waals surface area contributed by atoms with Crippen molar-refractivity contribution in [1.82, 2.24) is 9.55 Å². The first-order chi connectivity index (χ1) is 31.7. The Kier molecular flexibility index (Phi) is 12.1. The first-order valence-electron chi connectivity index (χ1n) is 22.9. The maximum absolute atomic E-state index is 7.14. The van der Waals surface area contributed by atoms with Crippen molar-refractivity contribution in [2.24, 2.45) is 0 Å². The van der Waals surface area contributed by atoms with Gasteiger partial charge in [-0.2, -0.15) is 0 Å². The SMILES string of the molecule is CC(C)(C)c1cccc(N2[CH-]N(c3[c-]c(Oc4[c-]c5c(c(C(C)(C)c6ccccc6)c4)c4ccccc4n5-c4cc(C(C)(C)C)ccn4)cc(-c4ccccc4)c3)C=C2c2ccccc2)c1.[Pt]. The summed E-state index contributed by atoms with van der Waals surface area (Å²) in [4.78, 5) is 9.44. The summed E-state index contributed by atoms with van der Waals surface area (Å²) in [5.74, 6) is 2.02. The molecule has 1 aliphatic heterocycles. The van der Waals surface area contributed by atoms with Crippen molar-refractivity contribution in [3.05, 3.63) is 229 Å². The molecule has 0 saturated heterocycles. The van der Waals surface area contributed by atoms with Crippen LogP contribution in [0.4, 0.5) is 11.4 Å². The molecule has 338 valence electrons. The quantitative estimate of drug-likeness (QED) is 0.135. The maximum Gasteiger partial charge on any atom is 0.135 e. The standard InChI is InChI=1S/C61H55N4O.Pt/c1-59(2,3)46-27-20-28-48(35-46)64-41-63(40-56(64)43-23-14-10-15-24-43)49-33-44(42-21-12-9-13-22-42)34-50(37-49)66-51-38-53(61(7,8)45-25-16-11-17-26-45)58-52-29-18-19-30-54(52)65(55(58)39-51)57-36-47(31-32-62-57)60(4,5)6;/h9-36,38,40-41H,1-8H3;/q-3;. The summed E-state index contributed by atoms with van der Waals surface area (Å²) in [5.41, 5.74) is 12.5. The van der Waals surface area contributed by atoms with E-state index in [0.29, 0.717) is 11.5 Å². The van der Waals surface area contributed by atoms with Crippen molar-refractivity contribution < 1.29 is 25.8 Å². The van der Waals surface area contributed by atoms with Gasteiger partial charge >= 0.3 is 0 Å². The summed E-state index contributed by atoms with van der Waals surface area (Å²) in [7, 11) is 0. The van der Waals surface area contributed by atoms with Gasteiger partial charge in [0.1, 0.15) is 5.82 Å². The van der Waals surface area contributed by atoms with Crippen LogP contribution in [-0.2, 0) is 37.3 Å². The Morgan fingerprint density at radius 3 is 1.87 bits per heavy atom. The minimum atomic E-state index is -0.417. The molecule has 0 aliphatic carbocycles. The Balaban J connectivity index is 0.00000562. The molecule has 3 heterocycles. The minimum absolute atomic E-state index is 0. The van der Waals surface area contributed by atoms with Crippen molar-refractivity contribution in [2.75, 3.05) is 9.80 Å². The van der Waals surface area contributed by atoms with E-state index in [2.05, 4.69) is 265 Å². The number of pyridine rings is 1. The predicted molar refractivity (Wildman–Crippen MR) is 274 cm³/mol. The molecule has 0 N–H and O–H groups in total. The molecule has 6 heteroatoms. The molecule has 9 aromatic rings. The van der Waals surface area contributed by atoms with Crippen LogP contribution in [0.5, 0.6) is 11.5 Å². The first kappa shape index (κ1) is 45.5. The topological polar surface area (TPSA) is 33.5 Å². The zero-order valence-electron chi connectivity index (χ0n) is 39.4. The Hall–Kier alpha value is -6.68. The summed E-state index contributed by atoms with van der Waals surface area (Å²) in [6.07, 6.45) is 4.12. The molecule has 0 radical (unpaired) electrons. The fourth-order valence-corrected chi connectivity index (χ4v) is 9.12. The van der Waals surface area contributed by atoms with Crippen molar-refractivity contribution in [3.63, 3.8) is 0 Å². The third-order valence-corrected chi connectivity index (χ3v) is 12.9. The largest absolute Gasteiger partial charge is 0.509 e. The smallest absolute Gasteiger partial charge is 0.135 e. The maximum atomic E-state index is 7.14. The van der Waals surface area contributed by atoms with Crippen LogP contribution in [0.2, 0.25) is 0 Å². The van der Waals surface area contributed by atoms with Crippen LogP contribution in [0.3, 0.4) is 0 Å². The number of hydrogen-bond donors (Lipinski definition) is 0. The van der Waals surface area contributed by atoms with Gasteiger partial charge in [0.2, 0.25) is 0 Å². The number of hydrogen-bond acceptors (Lipinski definition) is 4. The van der Waals surface area contributed by atoms with E-state index in [9.17, 15) is 0 Å². The van der Waals surface area contributed by atoms with E-state index < -0.39 is 5.41 Å². The fourth-order valence-electron chi connectivity index (χ4n) is 9.12. The van der Waals surface area contributed by atoms with Gasteiger partial charge in [-0.25, -0.2) is 4.98 Å². The Labute approximate surface area is 410 Å². The molecular formula is C61H55N4OPt-3. The van der Waals surface area contributed by atoms with Gasteiger partial charge in [0.25, 0.3) is 0 Å². The second-order valence-electron chi connectivity index (χ2n) is 19.9. The summed E-state index contributed by atoms with van der Waals surface area (Å²) in [6.45, 7) is 20.3. The van der Waals surface area contributed by atoms with E-state index in [1.54, 1.807) is 0 Å². The van der Waals surface area contributed by atoms with E-state index in [4.69, 9.17) is 9.72 Å². The van der Waals surface area contributed by atoms with Gasteiger partial charge in [0, 0.05) is 55.7 Å². The number of ether oxygens (including phenoxy) is 1. The molecule has 2 aromatic heterocycles. The molecule has 0 amide bonds. The van der Waals surface area contributed by atoms with Gasteiger partial charge in [-0.1, -0.05) is 188 Å². The fraction of sp³-hybridized carbons (Fsp3) is 0.180. The average molecular weight is 1060 g/mol. The first-order valence-corrected chi connectivity index (χ1v) is 22.9. The molecule has 0 saturated carbocycles. The number of anilines is 2. The molecule has 0 unspecified atom stereocenters. The summed E-state index contributed by atoms with van der Waals surface area (Å²) >= 11 is 0. The van der Waals surface area contributed by atoms with E-state index in [0.717, 1.165) is 66.9 Å². The van der Waals surface area contributed by atoms with Gasteiger partial charge in [0.15, 0.2) is 0 Å². The minimum Gasteiger partial charge on any atom is -0.509 e. The second-order valence-corrected chi connectivity index (χ2v) is 19.9. The molecule has 0 fully saturated rings. The Bertz CT molecular complexity index is 3250. The van der Waals surface area contributed by atoms with E-state index in [-0.39, 0.29) is 31.9 Å². The Morgan fingerprint density at radius 1 is 0.552 bits per heavy atom. The summed E-state index contributed by atoms with van der Waals surface area (Å²) in [5, 5.41) is 2.26. The predicted octanol–water partition coefficient (Wildman–Crippen LogP) is 15.6. The van der Waals surface area contributed by atoms with Gasteiger partial charge in [-0.15, -0.1) is 53.8 Å². The van der Waals surface area contributed by atoms with Crippen LogP contribution in [0.25, 0.3) is 44.4 Å². The second kappa shape index (κ2) is 17.8. The van der Waals surface area contributed by atoms with Gasteiger partial charge in [-0.3, -0.25) is 0 Å². The molecular weight excluding hydrogens is 1000 g/mol. The number of aromatic nitrogens is 2. The number of fused-ring (bicyclic) bond motifs is 3. The van der Waals surface area contributed by atoms with E-state index in [1.807, 2.05) is 6.20 Å². The number of benzene rings is 7. The van der Waals surface area contributed by atoms with Crippen LogP contribution in [0.1, 0.15) is 83.2 Å². The monoisotopic (exact) mass is 1050 g/mol. The molecule has 0 spiro atoms. The van der Waals surface area contributed by atoms with Crippen LogP contribution in [-0.4, -0.2) is 9.55 Å². The van der Waals surface area contributed by atoms with Crippen LogP contribution in [0, 0.1) is 18.8 Å². The molecule has 0 bridgehead atoms. The Morgan fingerprint density at radius 2 is 1.16 bits per heavy atom. The molecule has 7 aromatic carbocycles. The zero-order chi connectivity index (χ0) is 45.8. The van der Waals surface area contributed by atoms with Crippen molar-refractivity contribution in [3.8, 4) is 28.4 Å². The molecule has 10 rings (SSSR count). The molecule has 1 aliphatic rings. The third kappa shape index (κ3) is 8.86. The van der Waals surface area contributed by atoms with Crippen LogP contribution in [0.15, 0.2) is 182 Å². The van der Waals surface area contributed by atoms with Crippen molar-refractivity contribution in [1.29, 1.82) is 0 Å². The normalized spacial score (nSPS) is 13.2. The third-order valence-electron chi connectivity index (χ3n) is 12.9. The molecule has 67 heavy (non-hydrogen) atoms. The number of para-hydroxylation sites is 1. The molecule has 5 nitrogen and oxygen atoms in total. The zero-order valence-corrected chi connectivity index (χ0v) is 41.7. The van der Waals surface area contributed by atoms with Crippen LogP contribution >= 0.6 is 0 Å². The van der Waals surface area contributed by atoms with Gasteiger partial charge in [-0.05, 0) is 86.0 Å². The molecule has 0 atom stereocenters. The number of nitrogens with zero attached hydrogens (tertiary/aromatic N) is 4. The van der Waals surface area contributed by atoms with Gasteiger partial charge < -0.3 is 19.1 Å².